The van der Waals surface area contributed by atoms with Crippen molar-refractivity contribution >= 4 is 34.5 Å². The molecule has 1 atom stereocenters. The fourth-order valence-electron chi connectivity index (χ4n) is 4.02. The van der Waals surface area contributed by atoms with E-state index < -0.39 is 17.7 Å². The Balaban J connectivity index is 1.87. The van der Waals surface area contributed by atoms with Crippen LogP contribution in [-0.4, -0.2) is 23.9 Å². The van der Waals surface area contributed by atoms with Crippen LogP contribution in [0.4, 0.5) is 5.69 Å². The summed E-state index contributed by atoms with van der Waals surface area (Å²) in [5.41, 5.74) is 3.15. The number of nitrogens with zero attached hydrogens (tertiary/aromatic N) is 1. The van der Waals surface area contributed by atoms with E-state index in [1.54, 1.807) is 25.3 Å². The number of carbonyl (C=O) groups excluding carboxylic acids is 2. The van der Waals surface area contributed by atoms with Gasteiger partial charge in [0.15, 0.2) is 0 Å². The first-order valence-electron chi connectivity index (χ1n) is 10.4. The standard InChI is InChI=1S/C26H25NO4S/c1-15(2)17-7-10-19(11-8-17)27-23(21-6-5-13-32-21)22(25(29)26(27)30)24(28)18-9-12-20(31-4)16(3)14-18/h5-15,23,28H,1-4H3/b24-22-. The van der Waals surface area contributed by atoms with E-state index in [1.165, 1.54) is 16.2 Å². The van der Waals surface area contributed by atoms with Gasteiger partial charge < -0.3 is 9.84 Å². The molecule has 6 heteroatoms. The SMILES string of the molecule is COc1ccc(/C(O)=C2/C(=O)C(=O)N(c3ccc(C(C)C)cc3)C2c2cccs2)cc1C. The first kappa shape index (κ1) is 21.8. The minimum atomic E-state index is -0.692. The summed E-state index contributed by atoms with van der Waals surface area (Å²) in [6, 6.07) is 15.9. The fraction of sp³-hybridized carbons (Fsp3) is 0.231. The number of ketones is 1. The van der Waals surface area contributed by atoms with Crippen molar-refractivity contribution in [2.45, 2.75) is 32.7 Å². The summed E-state index contributed by atoms with van der Waals surface area (Å²) in [7, 11) is 1.58. The lowest BCUT2D eigenvalue weighted by atomic mass is 9.98. The second-order valence-corrected chi connectivity index (χ2v) is 9.09. The number of Topliss-reactive ketones (excluding diaryl/α,β-unsaturated/α-hetero) is 1. The number of methoxy groups -OCH3 is 1. The zero-order chi connectivity index (χ0) is 23.0. The van der Waals surface area contributed by atoms with E-state index in [4.69, 9.17) is 4.74 Å². The zero-order valence-corrected chi connectivity index (χ0v) is 19.3. The molecule has 1 fully saturated rings. The first-order valence-corrected chi connectivity index (χ1v) is 11.3. The Labute approximate surface area is 191 Å². The van der Waals surface area contributed by atoms with Crippen molar-refractivity contribution in [2.24, 2.45) is 0 Å². The first-order chi connectivity index (χ1) is 15.3. The Bertz CT molecular complexity index is 1190. The monoisotopic (exact) mass is 447 g/mol. The third-order valence-electron chi connectivity index (χ3n) is 5.76. The van der Waals surface area contributed by atoms with Crippen LogP contribution in [0.25, 0.3) is 5.76 Å². The summed E-state index contributed by atoms with van der Waals surface area (Å²) in [5.74, 6) is -0.489. The van der Waals surface area contributed by atoms with Crippen LogP contribution in [0.5, 0.6) is 5.75 Å². The largest absolute Gasteiger partial charge is 0.507 e. The van der Waals surface area contributed by atoms with Gasteiger partial charge in [-0.3, -0.25) is 14.5 Å². The highest BCUT2D eigenvalue weighted by Crippen LogP contribution is 2.44. The van der Waals surface area contributed by atoms with Crippen molar-refractivity contribution in [3.8, 4) is 5.75 Å². The summed E-state index contributed by atoms with van der Waals surface area (Å²) < 4.78 is 5.30. The van der Waals surface area contributed by atoms with Gasteiger partial charge in [-0.1, -0.05) is 32.0 Å². The van der Waals surface area contributed by atoms with Crippen LogP contribution in [-0.2, 0) is 9.59 Å². The van der Waals surface area contributed by atoms with Crippen molar-refractivity contribution in [1.82, 2.24) is 0 Å². The van der Waals surface area contributed by atoms with Crippen molar-refractivity contribution in [1.29, 1.82) is 0 Å². The molecule has 5 nitrogen and oxygen atoms in total. The Morgan fingerprint density at radius 3 is 2.38 bits per heavy atom. The lowest BCUT2D eigenvalue weighted by Gasteiger charge is -2.24. The molecule has 4 rings (SSSR count). The van der Waals surface area contributed by atoms with Crippen LogP contribution >= 0.6 is 11.3 Å². The molecule has 2 heterocycles. The van der Waals surface area contributed by atoms with Crippen molar-refractivity contribution in [3.05, 3.63) is 87.1 Å². The number of benzene rings is 2. The average molecular weight is 448 g/mol. The molecule has 0 aliphatic carbocycles. The number of amides is 1. The van der Waals surface area contributed by atoms with Crippen LogP contribution in [0.2, 0.25) is 0 Å². The topological polar surface area (TPSA) is 66.8 Å². The summed E-state index contributed by atoms with van der Waals surface area (Å²) in [5, 5.41) is 13.1. The molecule has 0 spiro atoms. The van der Waals surface area contributed by atoms with Crippen molar-refractivity contribution < 1.29 is 19.4 Å². The number of hydrogen-bond acceptors (Lipinski definition) is 5. The normalized spacial score (nSPS) is 17.9. The smallest absolute Gasteiger partial charge is 0.300 e. The number of aryl methyl sites for hydroxylation is 1. The molecule has 3 aromatic rings. The number of rotatable bonds is 5. The third kappa shape index (κ3) is 3.71. The molecule has 164 valence electrons. The van der Waals surface area contributed by atoms with Crippen LogP contribution in [0.15, 0.2) is 65.6 Å². The molecule has 1 aromatic heterocycles. The zero-order valence-electron chi connectivity index (χ0n) is 18.5. The van der Waals surface area contributed by atoms with Gasteiger partial charge in [0.25, 0.3) is 11.7 Å². The van der Waals surface area contributed by atoms with Crippen molar-refractivity contribution in [3.63, 3.8) is 0 Å². The molecular weight excluding hydrogens is 422 g/mol. The lowest BCUT2D eigenvalue weighted by Crippen LogP contribution is -2.29. The van der Waals surface area contributed by atoms with E-state index in [1.807, 2.05) is 48.7 Å². The Morgan fingerprint density at radius 1 is 1.09 bits per heavy atom. The van der Waals surface area contributed by atoms with Gasteiger partial charge >= 0.3 is 0 Å². The molecule has 1 aliphatic rings. The number of anilines is 1. The Morgan fingerprint density at radius 2 is 1.81 bits per heavy atom. The van der Waals surface area contributed by atoms with E-state index in [2.05, 4.69) is 13.8 Å². The molecule has 0 radical (unpaired) electrons. The summed E-state index contributed by atoms with van der Waals surface area (Å²) in [4.78, 5) is 28.6. The lowest BCUT2D eigenvalue weighted by molar-refractivity contribution is -0.132. The van der Waals surface area contributed by atoms with E-state index in [0.717, 1.165) is 16.0 Å². The number of ether oxygens (including phenoxy) is 1. The second kappa shape index (κ2) is 8.63. The minimum Gasteiger partial charge on any atom is -0.507 e. The maximum absolute atomic E-state index is 13.2. The van der Waals surface area contributed by atoms with Gasteiger partial charge in [0, 0.05) is 16.1 Å². The Hall–Kier alpha value is -3.38. The average Bonchev–Trinajstić information content (AvgIpc) is 3.40. The van der Waals surface area contributed by atoms with E-state index in [-0.39, 0.29) is 11.3 Å². The van der Waals surface area contributed by atoms with Crippen LogP contribution in [0, 0.1) is 6.92 Å². The van der Waals surface area contributed by atoms with Gasteiger partial charge in [-0.15, -0.1) is 11.3 Å². The van der Waals surface area contributed by atoms with Gasteiger partial charge in [-0.25, -0.2) is 0 Å². The van der Waals surface area contributed by atoms with Gasteiger partial charge in [0.1, 0.15) is 17.6 Å². The van der Waals surface area contributed by atoms with Gasteiger partial charge in [-0.2, -0.15) is 0 Å². The van der Waals surface area contributed by atoms with Gasteiger partial charge in [0.05, 0.1) is 12.7 Å². The van der Waals surface area contributed by atoms with Crippen LogP contribution in [0.3, 0.4) is 0 Å². The molecule has 1 aliphatic heterocycles. The summed E-state index contributed by atoms with van der Waals surface area (Å²) in [6.07, 6.45) is 0. The number of hydrogen-bond donors (Lipinski definition) is 1. The number of aliphatic hydroxyl groups is 1. The maximum Gasteiger partial charge on any atom is 0.300 e. The molecule has 32 heavy (non-hydrogen) atoms. The van der Waals surface area contributed by atoms with E-state index in [9.17, 15) is 14.7 Å². The minimum absolute atomic E-state index is 0.0925. The van der Waals surface area contributed by atoms with Crippen molar-refractivity contribution in [2.75, 3.05) is 12.0 Å². The van der Waals surface area contributed by atoms with Gasteiger partial charge in [0.2, 0.25) is 0 Å². The number of carbonyl (C=O) groups is 2. The second-order valence-electron chi connectivity index (χ2n) is 8.12. The molecule has 0 bridgehead atoms. The fourth-order valence-corrected chi connectivity index (χ4v) is 4.84. The van der Waals surface area contributed by atoms with E-state index in [0.29, 0.717) is 22.9 Å². The molecule has 1 N–H and O–H groups in total. The molecule has 1 saturated heterocycles. The molecule has 1 unspecified atom stereocenters. The van der Waals surface area contributed by atoms with E-state index >= 15 is 0 Å². The highest BCUT2D eigenvalue weighted by Gasteiger charge is 2.47. The number of thiophene rings is 1. The molecule has 1 amide bonds. The third-order valence-corrected chi connectivity index (χ3v) is 6.69. The highest BCUT2D eigenvalue weighted by atomic mass is 32.1. The molecular formula is C26H25NO4S. The quantitative estimate of drug-likeness (QED) is 0.304. The molecule has 2 aromatic carbocycles. The predicted molar refractivity (Wildman–Crippen MR) is 127 cm³/mol. The predicted octanol–water partition coefficient (Wildman–Crippen LogP) is 5.81. The molecule has 0 saturated carbocycles. The maximum atomic E-state index is 13.2. The van der Waals surface area contributed by atoms with Crippen LogP contribution < -0.4 is 9.64 Å². The Kier molecular flexibility index (Phi) is 5.89. The highest BCUT2D eigenvalue weighted by molar-refractivity contribution is 7.10. The number of aliphatic hydroxyl groups excluding tert-OH is 1. The summed E-state index contributed by atoms with van der Waals surface area (Å²) in [6.45, 7) is 6.06. The van der Waals surface area contributed by atoms with Crippen LogP contribution in [0.1, 0.15) is 47.4 Å². The van der Waals surface area contributed by atoms with Gasteiger partial charge in [-0.05, 0) is 65.7 Å². The summed E-state index contributed by atoms with van der Waals surface area (Å²) >= 11 is 1.44.